The van der Waals surface area contributed by atoms with Crippen LogP contribution in [0.4, 0.5) is 10.5 Å². The largest absolute Gasteiger partial charge is 0.442 e. The molecule has 0 saturated heterocycles. The van der Waals surface area contributed by atoms with Crippen LogP contribution in [0.15, 0.2) is 29.4 Å². The van der Waals surface area contributed by atoms with Gasteiger partial charge >= 0.3 is 6.09 Å². The number of hydrogen-bond donors (Lipinski definition) is 0. The van der Waals surface area contributed by atoms with Crippen molar-refractivity contribution in [3.05, 3.63) is 29.8 Å². The van der Waals surface area contributed by atoms with Crippen LogP contribution in [0.5, 0.6) is 0 Å². The van der Waals surface area contributed by atoms with Gasteiger partial charge in [0.2, 0.25) is 0 Å². The second kappa shape index (κ2) is 5.65. The van der Waals surface area contributed by atoms with Crippen LogP contribution in [0.1, 0.15) is 47.1 Å². The van der Waals surface area contributed by atoms with E-state index in [1.165, 1.54) is 5.56 Å². The summed E-state index contributed by atoms with van der Waals surface area (Å²) < 4.78 is 5.30. The zero-order valence-corrected chi connectivity index (χ0v) is 13.2. The Balaban J connectivity index is 2.97. The summed E-state index contributed by atoms with van der Waals surface area (Å²) in [7, 11) is 0. The average Bonchev–Trinajstić information content (AvgIpc) is 2.27. The van der Waals surface area contributed by atoms with Gasteiger partial charge in [-0.05, 0) is 43.9 Å². The molecule has 1 amide bonds. The Morgan fingerprint density at radius 2 is 1.60 bits per heavy atom. The molecule has 1 rings (SSSR count). The average molecular weight is 276 g/mol. The number of anilines is 1. The fraction of sp³-hybridized carbons (Fsp3) is 0.500. The minimum atomic E-state index is -0.564. The number of carbonyl (C=O) groups excluding carboxylic acids is 1. The van der Waals surface area contributed by atoms with Crippen molar-refractivity contribution in [1.82, 2.24) is 0 Å². The molecule has 110 valence electrons. The molecule has 0 fully saturated rings. The van der Waals surface area contributed by atoms with E-state index in [0.717, 1.165) is 5.01 Å². The van der Waals surface area contributed by atoms with Gasteiger partial charge in [-0.3, -0.25) is 0 Å². The molecule has 0 aliphatic carbocycles. The number of rotatable bonds is 2. The van der Waals surface area contributed by atoms with Crippen molar-refractivity contribution in [1.29, 1.82) is 0 Å². The Kier molecular flexibility index (Phi) is 4.58. The van der Waals surface area contributed by atoms with E-state index < -0.39 is 11.7 Å². The van der Waals surface area contributed by atoms with Gasteiger partial charge in [-0.25, -0.2) is 4.79 Å². The maximum atomic E-state index is 12.0. The molecule has 0 unspecified atom stereocenters. The van der Waals surface area contributed by atoms with Gasteiger partial charge in [0.05, 0.1) is 5.69 Å². The predicted octanol–water partition coefficient (Wildman–Crippen LogP) is 4.34. The van der Waals surface area contributed by atoms with Crippen molar-refractivity contribution in [3.63, 3.8) is 0 Å². The molecule has 0 aromatic heterocycles. The first-order valence-corrected chi connectivity index (χ1v) is 6.65. The van der Waals surface area contributed by atoms with Crippen LogP contribution in [-0.2, 0) is 10.2 Å². The Bertz CT molecular complexity index is 479. The van der Waals surface area contributed by atoms with Crippen LogP contribution < -0.4 is 5.01 Å². The number of hydrogen-bond acceptors (Lipinski definition) is 3. The molecule has 0 N–H and O–H groups in total. The van der Waals surface area contributed by atoms with Gasteiger partial charge in [-0.2, -0.15) is 10.1 Å². The van der Waals surface area contributed by atoms with Crippen LogP contribution in [0.25, 0.3) is 0 Å². The highest BCUT2D eigenvalue weighted by Crippen LogP contribution is 2.25. The molecule has 0 bridgehead atoms. The zero-order valence-electron chi connectivity index (χ0n) is 13.2. The van der Waals surface area contributed by atoms with Crippen LogP contribution >= 0.6 is 0 Å². The van der Waals surface area contributed by atoms with Gasteiger partial charge in [-0.1, -0.05) is 32.9 Å². The van der Waals surface area contributed by atoms with E-state index in [0.29, 0.717) is 5.69 Å². The summed E-state index contributed by atoms with van der Waals surface area (Å²) in [6.45, 7) is 15.3. The molecule has 0 aliphatic rings. The quantitative estimate of drug-likeness (QED) is 0.595. The van der Waals surface area contributed by atoms with Crippen molar-refractivity contribution in [2.75, 3.05) is 5.01 Å². The van der Waals surface area contributed by atoms with Crippen molar-refractivity contribution >= 4 is 18.5 Å². The summed E-state index contributed by atoms with van der Waals surface area (Å²) in [5.41, 5.74) is 1.33. The third kappa shape index (κ3) is 4.37. The van der Waals surface area contributed by atoms with Crippen molar-refractivity contribution in [3.8, 4) is 0 Å². The summed E-state index contributed by atoms with van der Waals surface area (Å²) in [6.07, 6.45) is -0.531. The van der Waals surface area contributed by atoms with E-state index >= 15 is 0 Å². The number of ether oxygens (including phenoxy) is 1. The molecule has 1 aromatic carbocycles. The predicted molar refractivity (Wildman–Crippen MR) is 83.4 cm³/mol. The van der Waals surface area contributed by atoms with E-state index in [2.05, 4.69) is 32.6 Å². The van der Waals surface area contributed by atoms with Gasteiger partial charge in [0, 0.05) is 6.72 Å². The molecule has 0 spiro atoms. The molecule has 4 heteroatoms. The lowest BCUT2D eigenvalue weighted by atomic mass is 9.87. The monoisotopic (exact) mass is 276 g/mol. The third-order valence-electron chi connectivity index (χ3n) is 2.69. The fourth-order valence-electron chi connectivity index (χ4n) is 1.65. The number of amides is 1. The van der Waals surface area contributed by atoms with Gasteiger partial charge in [0.1, 0.15) is 5.60 Å². The number of nitrogens with zero attached hydrogens (tertiary/aromatic N) is 2. The molecule has 0 saturated carbocycles. The molecule has 1 aromatic rings. The maximum Gasteiger partial charge on any atom is 0.435 e. The van der Waals surface area contributed by atoms with Crippen LogP contribution in [0, 0.1) is 0 Å². The van der Waals surface area contributed by atoms with E-state index in [-0.39, 0.29) is 5.41 Å². The molecule has 0 heterocycles. The SMILES string of the molecule is C=NN(C(=O)OC(C)(C)C)c1ccc(C(C)(C)C)cc1. The Morgan fingerprint density at radius 3 is 1.95 bits per heavy atom. The lowest BCUT2D eigenvalue weighted by Crippen LogP contribution is -2.33. The minimum Gasteiger partial charge on any atom is -0.442 e. The highest BCUT2D eigenvalue weighted by molar-refractivity contribution is 5.87. The first kappa shape index (κ1) is 16.2. The maximum absolute atomic E-state index is 12.0. The molecular weight excluding hydrogens is 252 g/mol. The highest BCUT2D eigenvalue weighted by Gasteiger charge is 2.23. The number of benzene rings is 1. The molecule has 4 nitrogen and oxygen atoms in total. The second-order valence-corrected chi connectivity index (χ2v) is 6.73. The summed E-state index contributed by atoms with van der Waals surface area (Å²) >= 11 is 0. The van der Waals surface area contributed by atoms with Gasteiger partial charge < -0.3 is 4.74 Å². The first-order chi connectivity index (χ1) is 9.04. The van der Waals surface area contributed by atoms with E-state index in [1.807, 2.05) is 45.0 Å². The summed E-state index contributed by atoms with van der Waals surface area (Å²) in [6, 6.07) is 7.66. The lowest BCUT2D eigenvalue weighted by Gasteiger charge is -2.25. The standard InChI is InChI=1S/C16H24N2O2/c1-15(2,3)12-8-10-13(11-9-12)18(17-7)14(19)20-16(4,5)6/h8-11H,7H2,1-6H3. The van der Waals surface area contributed by atoms with Crippen LogP contribution in [-0.4, -0.2) is 18.4 Å². The summed E-state index contributed by atoms with van der Waals surface area (Å²) in [5.74, 6) is 0. The topological polar surface area (TPSA) is 41.9 Å². The van der Waals surface area contributed by atoms with Crippen molar-refractivity contribution < 1.29 is 9.53 Å². The minimum absolute atomic E-state index is 0.0664. The van der Waals surface area contributed by atoms with Gasteiger partial charge in [0.15, 0.2) is 0 Å². The van der Waals surface area contributed by atoms with Crippen LogP contribution in [0.3, 0.4) is 0 Å². The molecule has 0 atom stereocenters. The van der Waals surface area contributed by atoms with Crippen molar-refractivity contribution in [2.45, 2.75) is 52.6 Å². The summed E-state index contributed by atoms with van der Waals surface area (Å²) in [4.78, 5) is 12.0. The van der Waals surface area contributed by atoms with Gasteiger partial charge in [0.25, 0.3) is 0 Å². The van der Waals surface area contributed by atoms with E-state index in [1.54, 1.807) is 0 Å². The van der Waals surface area contributed by atoms with Crippen molar-refractivity contribution in [2.24, 2.45) is 5.10 Å². The number of carbonyl (C=O) groups is 1. The van der Waals surface area contributed by atoms with E-state index in [9.17, 15) is 4.79 Å². The molecule has 0 aliphatic heterocycles. The van der Waals surface area contributed by atoms with E-state index in [4.69, 9.17) is 4.74 Å². The smallest absolute Gasteiger partial charge is 0.435 e. The highest BCUT2D eigenvalue weighted by atomic mass is 16.6. The second-order valence-electron chi connectivity index (χ2n) is 6.73. The molecular formula is C16H24N2O2. The fourth-order valence-corrected chi connectivity index (χ4v) is 1.65. The molecule has 0 radical (unpaired) electrons. The lowest BCUT2D eigenvalue weighted by molar-refractivity contribution is 0.0581. The first-order valence-electron chi connectivity index (χ1n) is 6.65. The Hall–Kier alpha value is -1.84. The Labute approximate surface area is 121 Å². The normalized spacial score (nSPS) is 11.9. The Morgan fingerprint density at radius 1 is 1.10 bits per heavy atom. The van der Waals surface area contributed by atoms with Crippen LogP contribution in [0.2, 0.25) is 0 Å². The summed E-state index contributed by atoms with van der Waals surface area (Å²) in [5, 5.41) is 4.91. The number of hydrazone groups is 1. The van der Waals surface area contributed by atoms with Gasteiger partial charge in [-0.15, -0.1) is 0 Å². The molecule has 20 heavy (non-hydrogen) atoms. The zero-order chi connectivity index (χ0) is 15.6. The third-order valence-corrected chi connectivity index (χ3v) is 2.69.